The highest BCUT2D eigenvalue weighted by atomic mass is 32.1. The summed E-state index contributed by atoms with van der Waals surface area (Å²) < 4.78 is 6.04. The lowest BCUT2D eigenvalue weighted by Crippen LogP contribution is -2.42. The third-order valence-electron chi connectivity index (χ3n) is 3.51. The van der Waals surface area contributed by atoms with E-state index in [1.807, 2.05) is 0 Å². The SMILES string of the molecule is CC(C)(C)OCC1(CNCCS)CCCCC1. The van der Waals surface area contributed by atoms with Gasteiger partial charge in [-0.2, -0.15) is 12.6 Å². The Morgan fingerprint density at radius 1 is 1.18 bits per heavy atom. The molecule has 1 fully saturated rings. The summed E-state index contributed by atoms with van der Waals surface area (Å²) in [6.45, 7) is 9.42. The summed E-state index contributed by atoms with van der Waals surface area (Å²) in [6, 6.07) is 0. The van der Waals surface area contributed by atoms with E-state index in [4.69, 9.17) is 4.74 Å². The normalized spacial score (nSPS) is 20.5. The minimum atomic E-state index is -0.0198. The molecule has 0 aromatic heterocycles. The Balaban J connectivity index is 2.46. The molecule has 0 radical (unpaired) electrons. The topological polar surface area (TPSA) is 21.3 Å². The van der Waals surface area contributed by atoms with Crippen LogP contribution in [-0.4, -0.2) is 31.1 Å². The smallest absolute Gasteiger partial charge is 0.0598 e. The Labute approximate surface area is 112 Å². The van der Waals surface area contributed by atoms with Crippen molar-refractivity contribution in [3.8, 4) is 0 Å². The van der Waals surface area contributed by atoms with Crippen molar-refractivity contribution in [3.05, 3.63) is 0 Å². The van der Waals surface area contributed by atoms with Gasteiger partial charge in [0.15, 0.2) is 0 Å². The molecule has 1 N–H and O–H groups in total. The van der Waals surface area contributed by atoms with Crippen LogP contribution in [0.25, 0.3) is 0 Å². The predicted molar refractivity (Wildman–Crippen MR) is 77.9 cm³/mol. The van der Waals surface area contributed by atoms with E-state index in [9.17, 15) is 0 Å². The Bertz CT molecular complexity index is 207. The predicted octanol–water partition coefficient (Wildman–Crippen LogP) is 3.27. The molecule has 0 spiro atoms. The summed E-state index contributed by atoms with van der Waals surface area (Å²) in [6.07, 6.45) is 6.72. The van der Waals surface area contributed by atoms with Crippen LogP contribution in [0.2, 0.25) is 0 Å². The fraction of sp³-hybridized carbons (Fsp3) is 1.00. The van der Waals surface area contributed by atoms with Crippen LogP contribution >= 0.6 is 12.6 Å². The minimum Gasteiger partial charge on any atom is -0.375 e. The highest BCUT2D eigenvalue weighted by Gasteiger charge is 2.33. The molecule has 102 valence electrons. The van der Waals surface area contributed by atoms with Crippen molar-refractivity contribution >= 4 is 12.6 Å². The van der Waals surface area contributed by atoms with Crippen molar-refractivity contribution in [2.75, 3.05) is 25.4 Å². The van der Waals surface area contributed by atoms with Crippen LogP contribution in [0.5, 0.6) is 0 Å². The summed E-state index contributed by atoms with van der Waals surface area (Å²) in [5, 5.41) is 3.53. The Hall–Kier alpha value is 0.270. The van der Waals surface area contributed by atoms with Gasteiger partial charge >= 0.3 is 0 Å². The molecular weight excluding hydrogens is 230 g/mol. The van der Waals surface area contributed by atoms with Crippen LogP contribution in [0.3, 0.4) is 0 Å². The summed E-state index contributed by atoms with van der Waals surface area (Å²) in [7, 11) is 0. The van der Waals surface area contributed by atoms with Gasteiger partial charge in [-0.3, -0.25) is 0 Å². The van der Waals surface area contributed by atoms with Gasteiger partial charge in [0.05, 0.1) is 12.2 Å². The maximum absolute atomic E-state index is 6.04. The van der Waals surface area contributed by atoms with E-state index in [1.54, 1.807) is 0 Å². The standard InChI is InChI=1S/C14H29NOS/c1-13(2,3)16-12-14(11-15-9-10-17)7-5-4-6-8-14/h15,17H,4-12H2,1-3H3. The highest BCUT2D eigenvalue weighted by Crippen LogP contribution is 2.36. The maximum atomic E-state index is 6.04. The monoisotopic (exact) mass is 259 g/mol. The molecule has 1 aliphatic rings. The molecule has 0 atom stereocenters. The fourth-order valence-electron chi connectivity index (χ4n) is 2.48. The number of thiol groups is 1. The molecule has 0 aliphatic heterocycles. The third kappa shape index (κ3) is 6.12. The second-order valence-electron chi connectivity index (χ2n) is 6.36. The molecule has 0 amide bonds. The second-order valence-corrected chi connectivity index (χ2v) is 6.81. The Kier molecular flexibility index (Phi) is 6.32. The Morgan fingerprint density at radius 3 is 2.35 bits per heavy atom. The summed E-state index contributed by atoms with van der Waals surface area (Å²) in [5.74, 6) is 0.913. The van der Waals surface area contributed by atoms with Crippen LogP contribution < -0.4 is 5.32 Å². The van der Waals surface area contributed by atoms with Gasteiger partial charge in [0.2, 0.25) is 0 Å². The quantitative estimate of drug-likeness (QED) is 0.564. The molecule has 0 aromatic rings. The minimum absolute atomic E-state index is 0.0198. The van der Waals surface area contributed by atoms with Crippen LogP contribution in [-0.2, 0) is 4.74 Å². The average molecular weight is 259 g/mol. The zero-order chi connectivity index (χ0) is 12.8. The zero-order valence-electron chi connectivity index (χ0n) is 11.7. The summed E-state index contributed by atoms with van der Waals surface area (Å²) >= 11 is 4.25. The summed E-state index contributed by atoms with van der Waals surface area (Å²) in [5.41, 5.74) is 0.350. The van der Waals surface area contributed by atoms with Gasteiger partial charge in [-0.05, 0) is 33.6 Å². The van der Waals surface area contributed by atoms with Crippen molar-refractivity contribution < 1.29 is 4.74 Å². The molecule has 1 rings (SSSR count). The zero-order valence-corrected chi connectivity index (χ0v) is 12.6. The maximum Gasteiger partial charge on any atom is 0.0598 e. The lowest BCUT2D eigenvalue weighted by molar-refractivity contribution is -0.0626. The van der Waals surface area contributed by atoms with Gasteiger partial charge < -0.3 is 10.1 Å². The van der Waals surface area contributed by atoms with Gasteiger partial charge in [-0.15, -0.1) is 0 Å². The molecule has 3 heteroatoms. The van der Waals surface area contributed by atoms with E-state index >= 15 is 0 Å². The van der Waals surface area contributed by atoms with E-state index in [0.29, 0.717) is 5.41 Å². The molecule has 1 aliphatic carbocycles. The molecule has 0 bridgehead atoms. The Morgan fingerprint density at radius 2 is 1.82 bits per heavy atom. The highest BCUT2D eigenvalue weighted by molar-refractivity contribution is 7.80. The first kappa shape index (κ1) is 15.3. The van der Waals surface area contributed by atoms with Crippen molar-refractivity contribution in [2.45, 2.75) is 58.5 Å². The number of hydrogen-bond acceptors (Lipinski definition) is 3. The molecule has 0 aromatic carbocycles. The third-order valence-corrected chi connectivity index (χ3v) is 3.74. The fourth-order valence-corrected chi connectivity index (χ4v) is 2.63. The molecule has 2 nitrogen and oxygen atoms in total. The van der Waals surface area contributed by atoms with Gasteiger partial charge in [-0.1, -0.05) is 19.3 Å². The van der Waals surface area contributed by atoms with Crippen molar-refractivity contribution in [2.24, 2.45) is 5.41 Å². The first-order valence-electron chi connectivity index (χ1n) is 6.93. The van der Waals surface area contributed by atoms with Gasteiger partial charge in [0.1, 0.15) is 0 Å². The molecular formula is C14H29NOS. The molecule has 0 heterocycles. The van der Waals surface area contributed by atoms with Crippen LogP contribution in [0.1, 0.15) is 52.9 Å². The van der Waals surface area contributed by atoms with E-state index in [-0.39, 0.29) is 5.60 Å². The van der Waals surface area contributed by atoms with Crippen molar-refractivity contribution in [1.82, 2.24) is 5.32 Å². The van der Waals surface area contributed by atoms with Crippen molar-refractivity contribution in [1.29, 1.82) is 0 Å². The molecule has 1 saturated carbocycles. The number of rotatable bonds is 6. The number of nitrogens with one attached hydrogen (secondary N) is 1. The number of hydrogen-bond donors (Lipinski definition) is 2. The van der Waals surface area contributed by atoms with Gasteiger partial charge in [-0.25, -0.2) is 0 Å². The van der Waals surface area contributed by atoms with E-state index in [2.05, 4.69) is 38.7 Å². The van der Waals surface area contributed by atoms with Crippen LogP contribution in [0, 0.1) is 5.41 Å². The second kappa shape index (κ2) is 7.01. The van der Waals surface area contributed by atoms with Crippen molar-refractivity contribution in [3.63, 3.8) is 0 Å². The molecule has 0 saturated heterocycles. The van der Waals surface area contributed by atoms with E-state index in [1.165, 1.54) is 32.1 Å². The van der Waals surface area contributed by atoms with Gasteiger partial charge in [0.25, 0.3) is 0 Å². The molecule has 17 heavy (non-hydrogen) atoms. The number of ether oxygens (including phenoxy) is 1. The lowest BCUT2D eigenvalue weighted by Gasteiger charge is -2.39. The largest absolute Gasteiger partial charge is 0.375 e. The molecule has 0 unspecified atom stereocenters. The van der Waals surface area contributed by atoms with E-state index < -0.39 is 0 Å². The van der Waals surface area contributed by atoms with Gasteiger partial charge in [0, 0.05) is 24.3 Å². The summed E-state index contributed by atoms with van der Waals surface area (Å²) in [4.78, 5) is 0. The average Bonchev–Trinajstić information content (AvgIpc) is 2.28. The van der Waals surface area contributed by atoms with Crippen LogP contribution in [0.15, 0.2) is 0 Å². The van der Waals surface area contributed by atoms with E-state index in [0.717, 1.165) is 25.4 Å². The lowest BCUT2D eigenvalue weighted by atomic mass is 9.74. The van der Waals surface area contributed by atoms with Crippen LogP contribution in [0.4, 0.5) is 0 Å². The first-order chi connectivity index (χ1) is 7.97. The first-order valence-corrected chi connectivity index (χ1v) is 7.56.